The highest BCUT2D eigenvalue weighted by Gasteiger charge is 2.23. The fourth-order valence-electron chi connectivity index (χ4n) is 2.57. The summed E-state index contributed by atoms with van der Waals surface area (Å²) in [4.78, 5) is 3.43. The first-order valence-corrected chi connectivity index (χ1v) is 6.39. The number of hydrogen-bond acceptors (Lipinski definition) is 1. The normalized spacial score (nSPS) is 12.2. The van der Waals surface area contributed by atoms with Gasteiger partial charge in [0, 0.05) is 17.1 Å². The molecule has 2 rings (SSSR count). The van der Waals surface area contributed by atoms with E-state index in [-0.39, 0.29) is 5.41 Å². The fraction of sp³-hybridized carbons (Fsp3) is 0.467. The van der Waals surface area contributed by atoms with Crippen molar-refractivity contribution in [2.24, 2.45) is 5.73 Å². The van der Waals surface area contributed by atoms with Gasteiger partial charge in [0.05, 0.1) is 0 Å². The van der Waals surface area contributed by atoms with Crippen molar-refractivity contribution in [2.75, 3.05) is 6.54 Å². The van der Waals surface area contributed by atoms with Crippen molar-refractivity contribution in [3.8, 4) is 0 Å². The van der Waals surface area contributed by atoms with Gasteiger partial charge >= 0.3 is 0 Å². The van der Waals surface area contributed by atoms with Crippen molar-refractivity contribution >= 4 is 10.9 Å². The number of aromatic nitrogens is 1. The molecule has 1 aromatic carbocycles. The van der Waals surface area contributed by atoms with Gasteiger partial charge in [-0.1, -0.05) is 39.0 Å². The molecule has 2 heteroatoms. The zero-order valence-corrected chi connectivity index (χ0v) is 11.0. The van der Waals surface area contributed by atoms with Crippen molar-refractivity contribution in [3.63, 3.8) is 0 Å². The number of aryl methyl sites for hydroxylation is 1. The van der Waals surface area contributed by atoms with Gasteiger partial charge in [0.2, 0.25) is 0 Å². The van der Waals surface area contributed by atoms with Crippen LogP contribution in [0.1, 0.15) is 38.3 Å². The van der Waals surface area contributed by atoms with Gasteiger partial charge in [-0.3, -0.25) is 0 Å². The van der Waals surface area contributed by atoms with Gasteiger partial charge in [-0.05, 0) is 35.9 Å². The van der Waals surface area contributed by atoms with Crippen LogP contribution in [0, 0.1) is 0 Å². The number of hydrogen-bond donors (Lipinski definition) is 2. The Kier molecular flexibility index (Phi) is 3.25. The Hall–Kier alpha value is -1.28. The summed E-state index contributed by atoms with van der Waals surface area (Å²) >= 11 is 0. The molecule has 92 valence electrons. The molecule has 0 atom stereocenters. The van der Waals surface area contributed by atoms with Crippen molar-refractivity contribution in [3.05, 3.63) is 35.5 Å². The second-order valence-corrected chi connectivity index (χ2v) is 5.32. The molecule has 0 aliphatic heterocycles. The van der Waals surface area contributed by atoms with Crippen LogP contribution in [0.25, 0.3) is 10.9 Å². The van der Waals surface area contributed by atoms with E-state index in [1.807, 2.05) is 0 Å². The summed E-state index contributed by atoms with van der Waals surface area (Å²) in [6, 6.07) is 6.55. The second-order valence-electron chi connectivity index (χ2n) is 5.32. The summed E-state index contributed by atoms with van der Waals surface area (Å²) in [5, 5.41) is 1.35. The number of benzene rings is 1. The van der Waals surface area contributed by atoms with Gasteiger partial charge in [0.25, 0.3) is 0 Å². The highest BCUT2D eigenvalue weighted by atomic mass is 14.7. The van der Waals surface area contributed by atoms with Gasteiger partial charge in [-0.15, -0.1) is 0 Å². The summed E-state index contributed by atoms with van der Waals surface area (Å²) in [7, 11) is 0. The smallest absolute Gasteiger partial charge is 0.0489 e. The molecular weight excluding hydrogens is 208 g/mol. The maximum atomic E-state index is 5.71. The molecule has 1 aromatic heterocycles. The number of fused-ring (bicyclic) bond motifs is 1. The molecule has 1 heterocycles. The van der Waals surface area contributed by atoms with E-state index >= 15 is 0 Å². The molecule has 0 saturated carbocycles. The van der Waals surface area contributed by atoms with Crippen LogP contribution in [0.15, 0.2) is 24.4 Å². The van der Waals surface area contributed by atoms with Crippen LogP contribution in [0.2, 0.25) is 0 Å². The van der Waals surface area contributed by atoms with Gasteiger partial charge in [-0.2, -0.15) is 0 Å². The van der Waals surface area contributed by atoms with Crippen LogP contribution in [-0.4, -0.2) is 11.5 Å². The maximum absolute atomic E-state index is 5.71. The predicted molar refractivity (Wildman–Crippen MR) is 74.4 cm³/mol. The monoisotopic (exact) mass is 230 g/mol. The van der Waals surface area contributed by atoms with Crippen molar-refractivity contribution in [1.29, 1.82) is 0 Å². The number of rotatable bonds is 4. The lowest BCUT2D eigenvalue weighted by atomic mass is 9.81. The fourth-order valence-corrected chi connectivity index (χ4v) is 2.57. The summed E-state index contributed by atoms with van der Waals surface area (Å²) in [6.07, 6.45) is 4.23. The van der Waals surface area contributed by atoms with Gasteiger partial charge in [-0.25, -0.2) is 0 Å². The summed E-state index contributed by atoms with van der Waals surface area (Å²) in [5.74, 6) is 0. The molecule has 2 nitrogen and oxygen atoms in total. The molecule has 0 radical (unpaired) electrons. The molecule has 0 fully saturated rings. The number of aromatic amines is 1. The molecule has 0 saturated heterocycles. The third kappa shape index (κ3) is 2.09. The predicted octanol–water partition coefficient (Wildman–Crippen LogP) is 3.36. The molecule has 0 aliphatic rings. The number of nitrogens with two attached hydrogens (primary N) is 1. The molecular formula is C15H22N2. The number of nitrogens with one attached hydrogen (secondary N) is 1. The van der Waals surface area contributed by atoms with Gasteiger partial charge in [0.15, 0.2) is 0 Å². The van der Waals surface area contributed by atoms with E-state index in [9.17, 15) is 0 Å². The van der Waals surface area contributed by atoms with Crippen LogP contribution < -0.4 is 5.73 Å². The maximum Gasteiger partial charge on any atom is 0.0489 e. The summed E-state index contributed by atoms with van der Waals surface area (Å²) in [5.41, 5.74) is 9.91. The highest BCUT2D eigenvalue weighted by Crippen LogP contribution is 2.33. The van der Waals surface area contributed by atoms with Crippen LogP contribution in [-0.2, 0) is 11.8 Å². The van der Waals surface area contributed by atoms with E-state index in [2.05, 4.69) is 50.2 Å². The first kappa shape index (κ1) is 12.2. The lowest BCUT2D eigenvalue weighted by Gasteiger charge is -2.23. The first-order valence-electron chi connectivity index (χ1n) is 6.39. The Morgan fingerprint density at radius 3 is 2.71 bits per heavy atom. The van der Waals surface area contributed by atoms with E-state index < -0.39 is 0 Å². The van der Waals surface area contributed by atoms with Crippen LogP contribution in [0.5, 0.6) is 0 Å². The van der Waals surface area contributed by atoms with Crippen LogP contribution in [0.3, 0.4) is 0 Å². The van der Waals surface area contributed by atoms with Crippen molar-refractivity contribution in [1.82, 2.24) is 4.98 Å². The largest absolute Gasteiger partial charge is 0.361 e. The lowest BCUT2D eigenvalue weighted by molar-refractivity contribution is 0.491. The van der Waals surface area contributed by atoms with Crippen molar-refractivity contribution < 1.29 is 0 Å². The second kappa shape index (κ2) is 4.53. The van der Waals surface area contributed by atoms with Crippen LogP contribution >= 0.6 is 0 Å². The van der Waals surface area contributed by atoms with E-state index in [1.54, 1.807) is 0 Å². The molecule has 0 unspecified atom stereocenters. The average molecular weight is 230 g/mol. The van der Waals surface area contributed by atoms with Gasteiger partial charge < -0.3 is 10.7 Å². The van der Waals surface area contributed by atoms with E-state index in [0.29, 0.717) is 0 Å². The number of para-hydroxylation sites is 1. The lowest BCUT2D eigenvalue weighted by Crippen LogP contribution is -2.21. The van der Waals surface area contributed by atoms with E-state index in [4.69, 9.17) is 5.73 Å². The Morgan fingerprint density at radius 2 is 2.06 bits per heavy atom. The molecule has 2 aromatic rings. The van der Waals surface area contributed by atoms with E-state index in [1.165, 1.54) is 22.0 Å². The SMILES string of the molecule is CCc1cccc2c(C(C)(C)CCN)c[nH]c12. The number of H-pyrrole nitrogens is 1. The Morgan fingerprint density at radius 1 is 1.29 bits per heavy atom. The minimum Gasteiger partial charge on any atom is -0.361 e. The topological polar surface area (TPSA) is 41.8 Å². The molecule has 17 heavy (non-hydrogen) atoms. The van der Waals surface area contributed by atoms with E-state index in [0.717, 1.165) is 19.4 Å². The average Bonchev–Trinajstić information content (AvgIpc) is 2.72. The summed E-state index contributed by atoms with van der Waals surface area (Å²) in [6.45, 7) is 7.45. The summed E-state index contributed by atoms with van der Waals surface area (Å²) < 4.78 is 0. The van der Waals surface area contributed by atoms with Crippen molar-refractivity contribution in [2.45, 2.75) is 39.0 Å². The zero-order chi connectivity index (χ0) is 12.5. The molecule has 0 amide bonds. The van der Waals surface area contributed by atoms with Gasteiger partial charge in [0.1, 0.15) is 0 Å². The zero-order valence-electron chi connectivity index (χ0n) is 11.0. The third-order valence-corrected chi connectivity index (χ3v) is 3.68. The van der Waals surface area contributed by atoms with Crippen LogP contribution in [0.4, 0.5) is 0 Å². The highest BCUT2D eigenvalue weighted by molar-refractivity contribution is 5.87. The minimum absolute atomic E-state index is 0.138. The third-order valence-electron chi connectivity index (χ3n) is 3.68. The molecule has 3 N–H and O–H groups in total. The standard InChI is InChI=1S/C15H22N2/c1-4-11-6-5-7-12-13(10-17-14(11)12)15(2,3)8-9-16/h5-7,10,17H,4,8-9,16H2,1-3H3. The molecule has 0 spiro atoms. The Balaban J connectivity index is 2.57. The molecule has 0 bridgehead atoms. The minimum atomic E-state index is 0.138. The Bertz CT molecular complexity index is 509. The Labute approximate surface area is 103 Å². The first-order chi connectivity index (χ1) is 8.10. The molecule has 0 aliphatic carbocycles. The quantitative estimate of drug-likeness (QED) is 0.831.